The van der Waals surface area contributed by atoms with E-state index in [2.05, 4.69) is 25.6 Å². The summed E-state index contributed by atoms with van der Waals surface area (Å²) in [5.41, 5.74) is 2.67. The Bertz CT molecular complexity index is 1380. The number of carbonyl (C=O) groups excluding carboxylic acids is 1. The zero-order chi connectivity index (χ0) is 20.8. The molecule has 1 aliphatic heterocycles. The number of hydrogen-bond donors (Lipinski definition) is 3. The van der Waals surface area contributed by atoms with Crippen molar-refractivity contribution in [1.82, 2.24) is 24.8 Å². The molecule has 0 saturated carbocycles. The number of anilines is 2. The van der Waals surface area contributed by atoms with Crippen LogP contribution in [0.3, 0.4) is 0 Å². The Balaban J connectivity index is 1.73. The summed E-state index contributed by atoms with van der Waals surface area (Å²) < 4.78 is 15.9. The van der Waals surface area contributed by atoms with Crippen LogP contribution in [0.2, 0.25) is 5.02 Å². The van der Waals surface area contributed by atoms with Gasteiger partial charge >= 0.3 is 0 Å². The third kappa shape index (κ3) is 3.00. The van der Waals surface area contributed by atoms with Crippen LogP contribution < -0.4 is 16.2 Å². The maximum atomic E-state index is 14.5. The van der Waals surface area contributed by atoms with Gasteiger partial charge in [0.1, 0.15) is 17.9 Å². The molecule has 0 bridgehead atoms. The summed E-state index contributed by atoms with van der Waals surface area (Å²) in [4.78, 5) is 36.5. The molecule has 0 aliphatic carbocycles. The predicted molar refractivity (Wildman–Crippen MR) is 110 cm³/mol. The summed E-state index contributed by atoms with van der Waals surface area (Å²) >= 11 is 6.03. The average Bonchev–Trinajstić information content (AvgIpc) is 3.22. The SMILES string of the molecule is O=C1Cn2c(c(Nc3ccnc4[nH]cnc34)cc(-c3cc(Cl)ccc3F)c2=O)CN1. The lowest BCUT2D eigenvalue weighted by Gasteiger charge is -2.24. The number of aromatic nitrogens is 4. The standard InChI is InChI=1S/C20H14ClFN6O2/c21-10-1-2-13(22)11(5-10)12-6-15(16-7-24-17(29)8-28(16)20(12)30)27-14-3-4-23-19-18(14)25-9-26-19/h1-6,9H,7-8H2,(H,24,29)(H2,23,25,26,27). The fourth-order valence-corrected chi connectivity index (χ4v) is 3.71. The number of carbonyl (C=O) groups is 1. The molecule has 10 heteroatoms. The highest BCUT2D eigenvalue weighted by atomic mass is 35.5. The minimum absolute atomic E-state index is 0.0662. The van der Waals surface area contributed by atoms with Crippen molar-refractivity contribution in [1.29, 1.82) is 0 Å². The topological polar surface area (TPSA) is 105 Å². The van der Waals surface area contributed by atoms with Crippen LogP contribution in [0.25, 0.3) is 22.3 Å². The number of hydrogen-bond acceptors (Lipinski definition) is 5. The number of aromatic amines is 1. The lowest BCUT2D eigenvalue weighted by Crippen LogP contribution is -2.41. The predicted octanol–water partition coefficient (Wildman–Crippen LogP) is 2.95. The molecule has 0 radical (unpaired) electrons. The van der Waals surface area contributed by atoms with Crippen LogP contribution in [0.5, 0.6) is 0 Å². The monoisotopic (exact) mass is 424 g/mol. The summed E-state index contributed by atoms with van der Waals surface area (Å²) in [5.74, 6) is -0.875. The molecule has 30 heavy (non-hydrogen) atoms. The number of pyridine rings is 2. The summed E-state index contributed by atoms with van der Waals surface area (Å²) in [6.07, 6.45) is 3.14. The van der Waals surface area contributed by atoms with Crippen molar-refractivity contribution in [2.75, 3.05) is 5.32 Å². The van der Waals surface area contributed by atoms with Crippen LogP contribution in [0.4, 0.5) is 15.8 Å². The molecule has 1 aromatic carbocycles. The van der Waals surface area contributed by atoms with Gasteiger partial charge in [-0.2, -0.15) is 0 Å². The lowest BCUT2D eigenvalue weighted by molar-refractivity contribution is -0.122. The molecule has 4 heterocycles. The van der Waals surface area contributed by atoms with Gasteiger partial charge in [-0.15, -0.1) is 0 Å². The molecule has 1 amide bonds. The average molecular weight is 425 g/mol. The highest BCUT2D eigenvalue weighted by Crippen LogP contribution is 2.31. The Hall–Kier alpha value is -3.72. The molecule has 0 atom stereocenters. The zero-order valence-corrected chi connectivity index (χ0v) is 16.1. The molecular weight excluding hydrogens is 411 g/mol. The summed E-state index contributed by atoms with van der Waals surface area (Å²) in [6, 6.07) is 7.32. The summed E-state index contributed by atoms with van der Waals surface area (Å²) in [5, 5.41) is 6.29. The molecule has 8 nitrogen and oxygen atoms in total. The van der Waals surface area contributed by atoms with Crippen molar-refractivity contribution in [3.8, 4) is 11.1 Å². The fraction of sp³-hybridized carbons (Fsp3) is 0.100. The van der Waals surface area contributed by atoms with E-state index in [1.165, 1.54) is 29.1 Å². The normalized spacial score (nSPS) is 13.2. The van der Waals surface area contributed by atoms with Crippen LogP contribution in [0, 0.1) is 5.82 Å². The molecule has 4 aromatic rings. The second kappa shape index (κ2) is 6.96. The van der Waals surface area contributed by atoms with Gasteiger partial charge in [0.15, 0.2) is 5.65 Å². The van der Waals surface area contributed by atoms with Crippen molar-refractivity contribution >= 4 is 40.0 Å². The molecule has 0 fully saturated rings. The van der Waals surface area contributed by atoms with E-state index in [0.717, 1.165) is 0 Å². The van der Waals surface area contributed by atoms with Gasteiger partial charge in [0, 0.05) is 16.8 Å². The van der Waals surface area contributed by atoms with Crippen molar-refractivity contribution in [3.63, 3.8) is 0 Å². The van der Waals surface area contributed by atoms with E-state index in [1.54, 1.807) is 18.3 Å². The minimum Gasteiger partial charge on any atom is -0.352 e. The first kappa shape index (κ1) is 18.3. The van der Waals surface area contributed by atoms with Gasteiger partial charge in [0.25, 0.3) is 5.56 Å². The molecule has 5 rings (SSSR count). The quantitative estimate of drug-likeness (QED) is 0.469. The maximum Gasteiger partial charge on any atom is 0.259 e. The number of H-pyrrole nitrogens is 1. The Kier molecular flexibility index (Phi) is 4.25. The Labute approximate surface area is 173 Å². The number of amides is 1. The lowest BCUT2D eigenvalue weighted by atomic mass is 10.0. The number of nitrogens with one attached hydrogen (secondary N) is 3. The minimum atomic E-state index is -0.582. The fourth-order valence-electron chi connectivity index (χ4n) is 3.54. The van der Waals surface area contributed by atoms with Gasteiger partial charge in [-0.1, -0.05) is 11.6 Å². The smallest absolute Gasteiger partial charge is 0.259 e. The van der Waals surface area contributed by atoms with E-state index in [0.29, 0.717) is 33.3 Å². The van der Waals surface area contributed by atoms with Gasteiger partial charge in [0.2, 0.25) is 5.91 Å². The Morgan fingerprint density at radius 3 is 2.83 bits per heavy atom. The first-order valence-corrected chi connectivity index (χ1v) is 9.43. The van der Waals surface area contributed by atoms with Crippen molar-refractivity contribution < 1.29 is 9.18 Å². The highest BCUT2D eigenvalue weighted by molar-refractivity contribution is 6.30. The second-order valence-corrected chi connectivity index (χ2v) is 7.23. The maximum absolute atomic E-state index is 14.5. The first-order valence-electron chi connectivity index (χ1n) is 9.05. The van der Waals surface area contributed by atoms with E-state index in [-0.39, 0.29) is 30.1 Å². The van der Waals surface area contributed by atoms with E-state index in [9.17, 15) is 14.0 Å². The van der Waals surface area contributed by atoms with Gasteiger partial charge in [-0.05, 0) is 30.3 Å². The second-order valence-electron chi connectivity index (χ2n) is 6.79. The van der Waals surface area contributed by atoms with Gasteiger partial charge in [0.05, 0.1) is 35.5 Å². The largest absolute Gasteiger partial charge is 0.352 e. The van der Waals surface area contributed by atoms with Crippen molar-refractivity contribution in [2.45, 2.75) is 13.1 Å². The number of nitrogens with zero attached hydrogens (tertiary/aromatic N) is 3. The Morgan fingerprint density at radius 1 is 1.10 bits per heavy atom. The third-order valence-electron chi connectivity index (χ3n) is 4.96. The van der Waals surface area contributed by atoms with Crippen LogP contribution in [0.15, 0.2) is 47.7 Å². The van der Waals surface area contributed by atoms with E-state index >= 15 is 0 Å². The molecule has 3 N–H and O–H groups in total. The number of benzene rings is 1. The number of fused-ring (bicyclic) bond motifs is 2. The van der Waals surface area contributed by atoms with Gasteiger partial charge in [-0.25, -0.2) is 14.4 Å². The van der Waals surface area contributed by atoms with Crippen molar-refractivity contribution in [3.05, 3.63) is 69.7 Å². The van der Waals surface area contributed by atoms with Crippen LogP contribution in [-0.4, -0.2) is 25.4 Å². The molecule has 150 valence electrons. The molecular formula is C20H14ClFN6O2. The molecule has 0 unspecified atom stereocenters. The highest BCUT2D eigenvalue weighted by Gasteiger charge is 2.23. The Morgan fingerprint density at radius 2 is 1.97 bits per heavy atom. The van der Waals surface area contributed by atoms with Crippen molar-refractivity contribution in [2.24, 2.45) is 0 Å². The molecule has 3 aromatic heterocycles. The number of halogens is 2. The van der Waals surface area contributed by atoms with E-state index < -0.39 is 11.4 Å². The van der Waals surface area contributed by atoms with E-state index in [1.807, 2.05) is 0 Å². The molecule has 0 spiro atoms. The number of rotatable bonds is 3. The third-order valence-corrected chi connectivity index (χ3v) is 5.20. The summed E-state index contributed by atoms with van der Waals surface area (Å²) in [6.45, 7) is -0.00343. The molecule has 0 saturated heterocycles. The first-order chi connectivity index (χ1) is 14.5. The zero-order valence-electron chi connectivity index (χ0n) is 15.4. The van der Waals surface area contributed by atoms with Crippen LogP contribution in [-0.2, 0) is 17.9 Å². The van der Waals surface area contributed by atoms with Crippen LogP contribution in [0.1, 0.15) is 5.69 Å². The molecule has 1 aliphatic rings. The van der Waals surface area contributed by atoms with E-state index in [4.69, 9.17) is 11.6 Å². The van der Waals surface area contributed by atoms with Gasteiger partial charge in [-0.3, -0.25) is 14.2 Å². The van der Waals surface area contributed by atoms with Gasteiger partial charge < -0.3 is 15.6 Å². The summed E-state index contributed by atoms with van der Waals surface area (Å²) in [7, 11) is 0. The van der Waals surface area contributed by atoms with Crippen LogP contribution >= 0.6 is 11.6 Å². The number of imidazole rings is 1.